The molecule has 0 atom stereocenters. The number of hydrogen-bond acceptors (Lipinski definition) is 4. The summed E-state index contributed by atoms with van der Waals surface area (Å²) in [6.07, 6.45) is 0. The first kappa shape index (κ1) is 12.6. The van der Waals surface area contributed by atoms with Gasteiger partial charge in [0.15, 0.2) is 5.01 Å². The summed E-state index contributed by atoms with van der Waals surface area (Å²) < 4.78 is 5.38. The van der Waals surface area contributed by atoms with E-state index in [0.717, 1.165) is 28.1 Å². The molecule has 0 spiro atoms. The van der Waals surface area contributed by atoms with Crippen molar-refractivity contribution in [3.8, 4) is 17.0 Å². The van der Waals surface area contributed by atoms with Crippen molar-refractivity contribution in [2.75, 3.05) is 7.11 Å². The van der Waals surface area contributed by atoms with Crippen molar-refractivity contribution in [2.45, 2.75) is 13.8 Å². The molecule has 1 aromatic heterocycles. The molecule has 5 heteroatoms. The van der Waals surface area contributed by atoms with E-state index in [1.165, 1.54) is 11.3 Å². The van der Waals surface area contributed by atoms with Gasteiger partial charge in [-0.05, 0) is 31.0 Å². The van der Waals surface area contributed by atoms with Gasteiger partial charge in [-0.15, -0.1) is 11.3 Å². The molecule has 0 saturated heterocycles. The van der Waals surface area contributed by atoms with Crippen molar-refractivity contribution in [3.63, 3.8) is 0 Å². The number of nitrogens with zero attached hydrogens (tertiary/aromatic N) is 1. The smallest absolute Gasteiger partial charge is 0.277 e. The molecule has 0 bridgehead atoms. The minimum atomic E-state index is -0.505. The SMILES string of the molecule is COc1cc(C)cc(C)c1-c1csc(C(N)=O)n1. The number of methoxy groups -OCH3 is 1. The van der Waals surface area contributed by atoms with E-state index in [4.69, 9.17) is 10.5 Å². The molecular weight excluding hydrogens is 248 g/mol. The molecule has 0 aliphatic heterocycles. The lowest BCUT2D eigenvalue weighted by Gasteiger charge is -2.10. The number of aryl methyl sites for hydroxylation is 2. The lowest BCUT2D eigenvalue weighted by Crippen LogP contribution is -2.10. The van der Waals surface area contributed by atoms with Gasteiger partial charge in [0.1, 0.15) is 5.75 Å². The number of rotatable bonds is 3. The number of ether oxygens (including phenoxy) is 1. The quantitative estimate of drug-likeness (QED) is 0.924. The highest BCUT2D eigenvalue weighted by molar-refractivity contribution is 7.12. The number of amides is 1. The third-order valence-electron chi connectivity index (χ3n) is 2.63. The van der Waals surface area contributed by atoms with Crippen LogP contribution in [0.5, 0.6) is 5.75 Å². The molecule has 0 aliphatic rings. The third-order valence-corrected chi connectivity index (χ3v) is 3.49. The van der Waals surface area contributed by atoms with Gasteiger partial charge in [0.05, 0.1) is 12.8 Å². The van der Waals surface area contributed by atoms with Crippen LogP contribution in [0.1, 0.15) is 20.9 Å². The van der Waals surface area contributed by atoms with Crippen LogP contribution in [-0.2, 0) is 0 Å². The highest BCUT2D eigenvalue weighted by Crippen LogP contribution is 2.34. The van der Waals surface area contributed by atoms with Gasteiger partial charge in [-0.3, -0.25) is 4.79 Å². The van der Waals surface area contributed by atoms with E-state index < -0.39 is 5.91 Å². The lowest BCUT2D eigenvalue weighted by molar-refractivity contribution is 0.1000. The number of carbonyl (C=O) groups excluding carboxylic acids is 1. The van der Waals surface area contributed by atoms with Crippen LogP contribution in [0.3, 0.4) is 0 Å². The number of carbonyl (C=O) groups is 1. The first-order valence-corrected chi connectivity index (χ1v) is 6.32. The number of nitrogens with two attached hydrogens (primary N) is 1. The molecule has 1 aromatic carbocycles. The second-order valence-corrected chi connectivity index (χ2v) is 4.92. The first-order chi connectivity index (χ1) is 8.52. The maximum absolute atomic E-state index is 11.1. The van der Waals surface area contributed by atoms with Gasteiger partial charge in [-0.1, -0.05) is 6.07 Å². The number of benzene rings is 1. The monoisotopic (exact) mass is 262 g/mol. The van der Waals surface area contributed by atoms with Crippen LogP contribution in [0.15, 0.2) is 17.5 Å². The Balaban J connectivity index is 2.58. The standard InChI is InChI=1S/C13H14N2O2S/c1-7-4-8(2)11(10(5-7)17-3)9-6-18-13(15-9)12(14)16/h4-6H,1-3H3,(H2,14,16). The maximum Gasteiger partial charge on any atom is 0.277 e. The van der Waals surface area contributed by atoms with E-state index in [-0.39, 0.29) is 0 Å². The van der Waals surface area contributed by atoms with E-state index in [2.05, 4.69) is 11.1 Å². The molecule has 2 aromatic rings. The Bertz CT molecular complexity index is 605. The topological polar surface area (TPSA) is 65.2 Å². The predicted octanol–water partition coefficient (Wildman–Crippen LogP) is 2.53. The molecule has 2 rings (SSSR count). The molecule has 1 heterocycles. The number of thiazole rings is 1. The lowest BCUT2D eigenvalue weighted by atomic mass is 10.0. The molecule has 0 aliphatic carbocycles. The Morgan fingerprint density at radius 3 is 2.67 bits per heavy atom. The van der Waals surface area contributed by atoms with Crippen LogP contribution in [-0.4, -0.2) is 18.0 Å². The zero-order chi connectivity index (χ0) is 13.3. The summed E-state index contributed by atoms with van der Waals surface area (Å²) in [7, 11) is 1.62. The van der Waals surface area contributed by atoms with E-state index in [0.29, 0.717) is 5.01 Å². The normalized spacial score (nSPS) is 10.4. The van der Waals surface area contributed by atoms with Gasteiger partial charge in [0.25, 0.3) is 5.91 Å². The Morgan fingerprint density at radius 1 is 1.39 bits per heavy atom. The Morgan fingerprint density at radius 2 is 2.11 bits per heavy atom. The summed E-state index contributed by atoms with van der Waals surface area (Å²) in [5, 5.41) is 2.13. The Kier molecular flexibility index (Phi) is 3.34. The molecule has 0 fully saturated rings. The van der Waals surface area contributed by atoms with E-state index in [9.17, 15) is 4.79 Å². The zero-order valence-electron chi connectivity index (χ0n) is 10.5. The van der Waals surface area contributed by atoms with Crippen molar-refractivity contribution in [1.82, 2.24) is 4.98 Å². The van der Waals surface area contributed by atoms with Gasteiger partial charge in [-0.2, -0.15) is 0 Å². The van der Waals surface area contributed by atoms with Crippen LogP contribution in [0.2, 0.25) is 0 Å². The fourth-order valence-electron chi connectivity index (χ4n) is 1.92. The van der Waals surface area contributed by atoms with Crippen molar-refractivity contribution >= 4 is 17.2 Å². The molecule has 18 heavy (non-hydrogen) atoms. The molecule has 0 radical (unpaired) electrons. The van der Waals surface area contributed by atoms with Crippen LogP contribution >= 0.6 is 11.3 Å². The second kappa shape index (κ2) is 4.78. The largest absolute Gasteiger partial charge is 0.496 e. The molecule has 0 saturated carbocycles. The average Bonchev–Trinajstić information content (AvgIpc) is 2.77. The number of hydrogen-bond donors (Lipinski definition) is 1. The summed E-state index contributed by atoms with van der Waals surface area (Å²) in [5.41, 5.74) is 9.04. The summed E-state index contributed by atoms with van der Waals surface area (Å²) >= 11 is 1.24. The maximum atomic E-state index is 11.1. The van der Waals surface area contributed by atoms with Gasteiger partial charge >= 0.3 is 0 Å². The van der Waals surface area contributed by atoms with E-state index >= 15 is 0 Å². The highest BCUT2D eigenvalue weighted by atomic mass is 32.1. The van der Waals surface area contributed by atoms with Gasteiger partial charge in [0.2, 0.25) is 0 Å². The fourth-order valence-corrected chi connectivity index (χ4v) is 2.58. The summed E-state index contributed by atoms with van der Waals surface area (Å²) in [4.78, 5) is 15.3. The number of aromatic nitrogens is 1. The zero-order valence-corrected chi connectivity index (χ0v) is 11.3. The van der Waals surface area contributed by atoms with Crippen molar-refractivity contribution in [1.29, 1.82) is 0 Å². The minimum absolute atomic E-state index is 0.312. The Labute approximate surface area is 109 Å². The van der Waals surface area contributed by atoms with Gasteiger partial charge < -0.3 is 10.5 Å². The second-order valence-electron chi connectivity index (χ2n) is 4.06. The molecule has 94 valence electrons. The minimum Gasteiger partial charge on any atom is -0.496 e. The van der Waals surface area contributed by atoms with Gasteiger partial charge in [0, 0.05) is 10.9 Å². The Hall–Kier alpha value is -1.88. The van der Waals surface area contributed by atoms with Crippen molar-refractivity contribution < 1.29 is 9.53 Å². The molecular formula is C13H14N2O2S. The fraction of sp³-hybridized carbons (Fsp3) is 0.231. The van der Waals surface area contributed by atoms with Crippen molar-refractivity contribution in [3.05, 3.63) is 33.6 Å². The molecule has 4 nitrogen and oxygen atoms in total. The van der Waals surface area contributed by atoms with E-state index in [1.54, 1.807) is 7.11 Å². The molecule has 1 amide bonds. The summed E-state index contributed by atoms with van der Waals surface area (Å²) in [5.74, 6) is 0.254. The molecule has 2 N–H and O–H groups in total. The summed E-state index contributed by atoms with van der Waals surface area (Å²) in [6.45, 7) is 4.00. The van der Waals surface area contributed by atoms with Crippen LogP contribution in [0, 0.1) is 13.8 Å². The average molecular weight is 262 g/mol. The van der Waals surface area contributed by atoms with E-state index in [1.807, 2.05) is 25.3 Å². The van der Waals surface area contributed by atoms with Crippen LogP contribution < -0.4 is 10.5 Å². The van der Waals surface area contributed by atoms with Crippen molar-refractivity contribution in [2.24, 2.45) is 5.73 Å². The predicted molar refractivity (Wildman–Crippen MR) is 72.1 cm³/mol. The van der Waals surface area contributed by atoms with Crippen LogP contribution in [0.25, 0.3) is 11.3 Å². The van der Waals surface area contributed by atoms with Crippen LogP contribution in [0.4, 0.5) is 0 Å². The first-order valence-electron chi connectivity index (χ1n) is 5.44. The summed E-state index contributed by atoms with van der Waals surface area (Å²) in [6, 6.07) is 4.01. The highest BCUT2D eigenvalue weighted by Gasteiger charge is 2.15. The van der Waals surface area contributed by atoms with Gasteiger partial charge in [-0.25, -0.2) is 4.98 Å². The number of primary amides is 1. The molecule has 0 unspecified atom stereocenters. The third kappa shape index (κ3) is 2.22.